The highest BCUT2D eigenvalue weighted by Crippen LogP contribution is 1.79. The summed E-state index contributed by atoms with van der Waals surface area (Å²) in [6.07, 6.45) is 2.91. The maximum Gasteiger partial charge on any atom is 0.241 e. The summed E-state index contributed by atoms with van der Waals surface area (Å²) in [5.41, 5.74) is 0. The molecule has 0 aromatic carbocycles. The van der Waals surface area contributed by atoms with E-state index >= 15 is 0 Å². The van der Waals surface area contributed by atoms with Crippen LogP contribution in [-0.4, -0.2) is 27.2 Å². The van der Waals surface area contributed by atoms with Crippen LogP contribution in [0.15, 0.2) is 12.7 Å². The molecule has 0 saturated carbocycles. The smallest absolute Gasteiger partial charge is 0.241 e. The number of nitrogens with one attached hydrogen (secondary N) is 1. The molecule has 0 radical (unpaired) electrons. The number of aromatic nitrogens is 3. The van der Waals surface area contributed by atoms with E-state index in [2.05, 4.69) is 15.4 Å². The highest BCUT2D eigenvalue weighted by Gasteiger charge is 1.99. The van der Waals surface area contributed by atoms with Gasteiger partial charge in [0, 0.05) is 6.54 Å². The molecule has 60 valence electrons. The number of likely N-dealkylation sites (N-methyl/N-ethyl adjacent to an activating group) is 1. The quantitative estimate of drug-likeness (QED) is 0.633. The first-order chi connectivity index (χ1) is 5.33. The summed E-state index contributed by atoms with van der Waals surface area (Å²) in [5, 5.41) is 6.44. The topological polar surface area (TPSA) is 59.8 Å². The second-order valence-corrected chi connectivity index (χ2v) is 2.05. The summed E-state index contributed by atoms with van der Waals surface area (Å²) in [6.45, 7) is 2.76. The molecule has 0 saturated heterocycles. The second kappa shape index (κ2) is 3.70. The number of carbonyl (C=O) groups is 1. The van der Waals surface area contributed by atoms with E-state index < -0.39 is 0 Å². The maximum atomic E-state index is 10.9. The van der Waals surface area contributed by atoms with Gasteiger partial charge in [-0.25, -0.2) is 9.67 Å². The van der Waals surface area contributed by atoms with Crippen molar-refractivity contribution in [2.75, 3.05) is 6.54 Å². The third-order valence-corrected chi connectivity index (χ3v) is 1.15. The van der Waals surface area contributed by atoms with Crippen molar-refractivity contribution in [3.8, 4) is 0 Å². The highest BCUT2D eigenvalue weighted by molar-refractivity contribution is 5.75. The van der Waals surface area contributed by atoms with Crippen molar-refractivity contribution in [2.24, 2.45) is 0 Å². The van der Waals surface area contributed by atoms with Gasteiger partial charge in [0.25, 0.3) is 0 Å². The van der Waals surface area contributed by atoms with Gasteiger partial charge >= 0.3 is 0 Å². The van der Waals surface area contributed by atoms with E-state index in [9.17, 15) is 4.79 Å². The summed E-state index contributed by atoms with van der Waals surface area (Å²) < 4.78 is 1.48. The monoisotopic (exact) mass is 154 g/mol. The van der Waals surface area contributed by atoms with Gasteiger partial charge in [0.2, 0.25) is 5.91 Å². The fourth-order valence-corrected chi connectivity index (χ4v) is 0.715. The lowest BCUT2D eigenvalue weighted by molar-refractivity contribution is -0.121. The zero-order chi connectivity index (χ0) is 8.10. The largest absolute Gasteiger partial charge is 0.355 e. The Morgan fingerprint density at radius 2 is 2.55 bits per heavy atom. The van der Waals surface area contributed by atoms with Crippen molar-refractivity contribution in [1.29, 1.82) is 0 Å². The van der Waals surface area contributed by atoms with Gasteiger partial charge in [0.15, 0.2) is 0 Å². The Balaban J connectivity index is 2.37. The van der Waals surface area contributed by atoms with E-state index in [-0.39, 0.29) is 12.5 Å². The molecule has 0 fully saturated rings. The molecule has 0 aliphatic rings. The average Bonchev–Trinajstić information content (AvgIpc) is 2.40. The van der Waals surface area contributed by atoms with Gasteiger partial charge in [-0.05, 0) is 6.92 Å². The van der Waals surface area contributed by atoms with Crippen LogP contribution in [-0.2, 0) is 11.3 Å². The fourth-order valence-electron chi connectivity index (χ4n) is 0.715. The van der Waals surface area contributed by atoms with E-state index in [1.54, 1.807) is 0 Å². The third-order valence-electron chi connectivity index (χ3n) is 1.15. The molecule has 1 amide bonds. The second-order valence-electron chi connectivity index (χ2n) is 2.05. The molecule has 0 aliphatic carbocycles. The van der Waals surface area contributed by atoms with E-state index in [0.29, 0.717) is 6.54 Å². The van der Waals surface area contributed by atoms with Crippen LogP contribution >= 0.6 is 0 Å². The standard InChI is InChI=1S/C6H10N4O/c1-2-8-6(11)3-10-5-7-4-9-10/h4-5H,2-3H2,1H3,(H,8,11). The summed E-state index contributed by atoms with van der Waals surface area (Å²) in [6, 6.07) is 0. The molecule has 5 heteroatoms. The number of hydrogen-bond donors (Lipinski definition) is 1. The molecule has 1 N–H and O–H groups in total. The fraction of sp³-hybridized carbons (Fsp3) is 0.500. The molecular weight excluding hydrogens is 144 g/mol. The molecule has 0 atom stereocenters. The van der Waals surface area contributed by atoms with Crippen molar-refractivity contribution in [3.63, 3.8) is 0 Å². The number of rotatable bonds is 3. The lowest BCUT2D eigenvalue weighted by Gasteiger charge is -1.99. The maximum absolute atomic E-state index is 10.9. The summed E-state index contributed by atoms with van der Waals surface area (Å²) >= 11 is 0. The predicted octanol–water partition coefficient (Wildman–Crippen LogP) is -0.586. The molecule has 5 nitrogen and oxygen atoms in total. The van der Waals surface area contributed by atoms with Gasteiger partial charge in [0.1, 0.15) is 19.2 Å². The van der Waals surface area contributed by atoms with E-state index in [4.69, 9.17) is 0 Å². The first-order valence-corrected chi connectivity index (χ1v) is 3.42. The summed E-state index contributed by atoms with van der Waals surface area (Å²) in [7, 11) is 0. The van der Waals surface area contributed by atoms with Crippen LogP contribution < -0.4 is 5.32 Å². The zero-order valence-corrected chi connectivity index (χ0v) is 6.32. The van der Waals surface area contributed by atoms with E-state index in [1.807, 2.05) is 6.92 Å². The van der Waals surface area contributed by atoms with E-state index in [1.165, 1.54) is 17.3 Å². The van der Waals surface area contributed by atoms with Gasteiger partial charge in [-0.1, -0.05) is 0 Å². The molecule has 1 aromatic rings. The molecule has 11 heavy (non-hydrogen) atoms. The highest BCUT2D eigenvalue weighted by atomic mass is 16.2. The van der Waals surface area contributed by atoms with Crippen LogP contribution in [0.4, 0.5) is 0 Å². The van der Waals surface area contributed by atoms with Gasteiger partial charge in [0.05, 0.1) is 0 Å². The van der Waals surface area contributed by atoms with Crippen LogP contribution in [0.1, 0.15) is 6.92 Å². The molecule has 0 aliphatic heterocycles. The first-order valence-electron chi connectivity index (χ1n) is 3.42. The minimum atomic E-state index is -0.0435. The Morgan fingerprint density at radius 3 is 3.09 bits per heavy atom. The number of amides is 1. The minimum Gasteiger partial charge on any atom is -0.355 e. The van der Waals surface area contributed by atoms with Crippen LogP contribution in [0.5, 0.6) is 0 Å². The Bertz CT molecular complexity index is 218. The van der Waals surface area contributed by atoms with Gasteiger partial charge in [-0.15, -0.1) is 0 Å². The van der Waals surface area contributed by atoms with E-state index in [0.717, 1.165) is 0 Å². The molecule has 0 spiro atoms. The van der Waals surface area contributed by atoms with Crippen molar-refractivity contribution in [3.05, 3.63) is 12.7 Å². The normalized spacial score (nSPS) is 9.55. The Kier molecular flexibility index (Phi) is 2.59. The van der Waals surface area contributed by atoms with Crippen molar-refractivity contribution in [1.82, 2.24) is 20.1 Å². The van der Waals surface area contributed by atoms with Crippen molar-refractivity contribution < 1.29 is 4.79 Å². The SMILES string of the molecule is CCNC(=O)Cn1cncn1. The third kappa shape index (κ3) is 2.37. The lowest BCUT2D eigenvalue weighted by Crippen LogP contribution is -2.27. The first kappa shape index (κ1) is 7.71. The molecule has 0 unspecified atom stereocenters. The molecular formula is C6H10N4O. The van der Waals surface area contributed by atoms with Crippen LogP contribution in [0.3, 0.4) is 0 Å². The van der Waals surface area contributed by atoms with Crippen molar-refractivity contribution in [2.45, 2.75) is 13.5 Å². The Labute approximate surface area is 64.4 Å². The van der Waals surface area contributed by atoms with Crippen LogP contribution in [0.25, 0.3) is 0 Å². The van der Waals surface area contributed by atoms with Gasteiger partial charge in [-0.2, -0.15) is 5.10 Å². The number of hydrogen-bond acceptors (Lipinski definition) is 3. The summed E-state index contributed by atoms with van der Waals surface area (Å²) in [5.74, 6) is -0.0435. The minimum absolute atomic E-state index is 0.0435. The average molecular weight is 154 g/mol. The predicted molar refractivity (Wildman–Crippen MR) is 38.7 cm³/mol. The Hall–Kier alpha value is -1.39. The van der Waals surface area contributed by atoms with Crippen LogP contribution in [0.2, 0.25) is 0 Å². The van der Waals surface area contributed by atoms with Crippen molar-refractivity contribution >= 4 is 5.91 Å². The van der Waals surface area contributed by atoms with Gasteiger partial charge < -0.3 is 5.32 Å². The molecule has 0 bridgehead atoms. The zero-order valence-electron chi connectivity index (χ0n) is 6.32. The number of carbonyl (C=O) groups excluding carboxylic acids is 1. The molecule has 1 rings (SSSR count). The van der Waals surface area contributed by atoms with Crippen LogP contribution in [0, 0.1) is 0 Å². The molecule has 1 aromatic heterocycles. The Morgan fingerprint density at radius 1 is 1.73 bits per heavy atom. The summed E-state index contributed by atoms with van der Waals surface area (Å²) in [4.78, 5) is 14.6. The van der Waals surface area contributed by atoms with Gasteiger partial charge in [-0.3, -0.25) is 4.79 Å². The molecule has 1 heterocycles. The number of nitrogens with zero attached hydrogens (tertiary/aromatic N) is 3. The lowest BCUT2D eigenvalue weighted by atomic mass is 10.5.